The predicted molar refractivity (Wildman–Crippen MR) is 66.0 cm³/mol. The van der Waals surface area contributed by atoms with Gasteiger partial charge in [-0.2, -0.15) is 0 Å². The molecule has 100 valence electrons. The Hall–Kier alpha value is -0.910. The number of halogens is 3. The molecule has 1 aliphatic rings. The van der Waals surface area contributed by atoms with E-state index in [0.29, 0.717) is 6.54 Å². The Balaban J connectivity index is 2.08. The fourth-order valence-corrected chi connectivity index (χ4v) is 2.28. The molecule has 1 aromatic carbocycles. The van der Waals surface area contributed by atoms with Crippen molar-refractivity contribution in [1.29, 1.82) is 0 Å². The molecule has 1 fully saturated rings. The fraction of sp³-hybridized carbons (Fsp3) is 0.500. The number of nitrogens with one attached hydrogen (secondary N) is 1. The van der Waals surface area contributed by atoms with Crippen molar-refractivity contribution in [2.75, 3.05) is 32.7 Å². The minimum Gasteiger partial charge on any atom is -0.506 e. The van der Waals surface area contributed by atoms with E-state index < -0.39 is 11.6 Å². The first-order valence-electron chi connectivity index (χ1n) is 5.88. The van der Waals surface area contributed by atoms with Crippen LogP contribution in [0, 0.1) is 11.6 Å². The summed E-state index contributed by atoms with van der Waals surface area (Å²) in [7, 11) is 0. The zero-order valence-electron chi connectivity index (χ0n) is 9.85. The Morgan fingerprint density at radius 1 is 1.33 bits per heavy atom. The summed E-state index contributed by atoms with van der Waals surface area (Å²) in [4.78, 5) is 2.13. The van der Waals surface area contributed by atoms with Gasteiger partial charge in [0.25, 0.3) is 0 Å². The van der Waals surface area contributed by atoms with E-state index in [1.807, 2.05) is 0 Å². The Morgan fingerprint density at radius 2 is 2.00 bits per heavy atom. The lowest BCUT2D eigenvalue weighted by molar-refractivity contribution is 0.242. The molecule has 0 spiro atoms. The molecule has 2 rings (SSSR count). The highest BCUT2D eigenvalue weighted by atomic mass is 35.5. The van der Waals surface area contributed by atoms with Crippen molar-refractivity contribution in [3.63, 3.8) is 0 Å². The average molecular weight is 277 g/mol. The van der Waals surface area contributed by atoms with Crippen molar-refractivity contribution in [2.24, 2.45) is 0 Å². The minimum absolute atomic E-state index is 0.0430. The van der Waals surface area contributed by atoms with Crippen molar-refractivity contribution in [2.45, 2.75) is 6.42 Å². The maximum Gasteiger partial charge on any atom is 0.165 e. The van der Waals surface area contributed by atoms with Crippen LogP contribution in [0.1, 0.15) is 5.56 Å². The summed E-state index contributed by atoms with van der Waals surface area (Å²) >= 11 is 5.63. The molecule has 18 heavy (non-hydrogen) atoms. The van der Waals surface area contributed by atoms with Crippen LogP contribution in [0.4, 0.5) is 8.78 Å². The van der Waals surface area contributed by atoms with Crippen LogP contribution in [0.15, 0.2) is 6.07 Å². The van der Waals surface area contributed by atoms with Crippen LogP contribution in [-0.4, -0.2) is 42.7 Å². The van der Waals surface area contributed by atoms with E-state index in [4.69, 9.17) is 11.6 Å². The number of benzene rings is 1. The van der Waals surface area contributed by atoms with Crippen LogP contribution in [0.3, 0.4) is 0 Å². The van der Waals surface area contributed by atoms with E-state index >= 15 is 0 Å². The second-order valence-electron chi connectivity index (χ2n) is 4.32. The van der Waals surface area contributed by atoms with Gasteiger partial charge in [-0.05, 0) is 12.5 Å². The van der Waals surface area contributed by atoms with Gasteiger partial charge in [0.1, 0.15) is 5.75 Å². The molecule has 0 atom stereocenters. The largest absolute Gasteiger partial charge is 0.506 e. The van der Waals surface area contributed by atoms with Gasteiger partial charge >= 0.3 is 0 Å². The third-order valence-corrected chi connectivity index (χ3v) is 3.42. The quantitative estimate of drug-likeness (QED) is 0.826. The fourth-order valence-electron chi connectivity index (χ4n) is 2.07. The van der Waals surface area contributed by atoms with Gasteiger partial charge in [0.05, 0.1) is 5.02 Å². The second-order valence-corrected chi connectivity index (χ2v) is 4.73. The van der Waals surface area contributed by atoms with Crippen LogP contribution >= 0.6 is 11.6 Å². The third-order valence-electron chi connectivity index (χ3n) is 3.13. The molecular weight excluding hydrogens is 262 g/mol. The first-order chi connectivity index (χ1) is 8.59. The molecule has 1 aliphatic heterocycles. The Kier molecular flexibility index (Phi) is 4.37. The van der Waals surface area contributed by atoms with Gasteiger partial charge in [-0.3, -0.25) is 0 Å². The van der Waals surface area contributed by atoms with E-state index in [1.165, 1.54) is 0 Å². The number of piperazine rings is 1. The summed E-state index contributed by atoms with van der Waals surface area (Å²) in [6.45, 7) is 4.08. The van der Waals surface area contributed by atoms with E-state index in [-0.39, 0.29) is 22.8 Å². The maximum absolute atomic E-state index is 13.6. The monoisotopic (exact) mass is 276 g/mol. The van der Waals surface area contributed by atoms with Gasteiger partial charge in [0.2, 0.25) is 0 Å². The van der Waals surface area contributed by atoms with Gasteiger partial charge in [-0.1, -0.05) is 11.6 Å². The Bertz CT molecular complexity index is 410. The van der Waals surface area contributed by atoms with Crippen LogP contribution in [0.5, 0.6) is 5.75 Å². The highest BCUT2D eigenvalue weighted by Crippen LogP contribution is 2.31. The first-order valence-corrected chi connectivity index (χ1v) is 6.26. The van der Waals surface area contributed by atoms with E-state index in [1.54, 1.807) is 0 Å². The summed E-state index contributed by atoms with van der Waals surface area (Å²) in [6.07, 6.45) is 0.245. The third kappa shape index (κ3) is 2.91. The van der Waals surface area contributed by atoms with Gasteiger partial charge in [-0.25, -0.2) is 8.78 Å². The van der Waals surface area contributed by atoms with Crippen molar-refractivity contribution < 1.29 is 13.9 Å². The molecule has 0 radical (unpaired) electrons. The molecule has 0 aromatic heterocycles. The summed E-state index contributed by atoms with van der Waals surface area (Å²) < 4.78 is 26.8. The molecule has 1 saturated heterocycles. The molecule has 6 heteroatoms. The van der Waals surface area contributed by atoms with Gasteiger partial charge in [0.15, 0.2) is 11.6 Å². The molecule has 0 unspecified atom stereocenters. The topological polar surface area (TPSA) is 35.5 Å². The van der Waals surface area contributed by atoms with Crippen LogP contribution in [0.25, 0.3) is 0 Å². The zero-order valence-corrected chi connectivity index (χ0v) is 10.6. The van der Waals surface area contributed by atoms with Gasteiger partial charge in [-0.15, -0.1) is 0 Å². The standard InChI is InChI=1S/C12H15ClF2N2O/c13-9-7-10(14)11(15)8(12(9)18)1-4-17-5-2-16-3-6-17/h7,16,18H,1-6H2. The maximum atomic E-state index is 13.6. The molecule has 1 heterocycles. The summed E-state index contributed by atoms with van der Waals surface area (Å²) in [6, 6.07) is 0.792. The average Bonchev–Trinajstić information content (AvgIpc) is 2.38. The van der Waals surface area contributed by atoms with E-state index in [2.05, 4.69) is 10.2 Å². The van der Waals surface area contributed by atoms with Crippen molar-refractivity contribution >= 4 is 11.6 Å². The van der Waals surface area contributed by atoms with Crippen molar-refractivity contribution in [3.8, 4) is 5.75 Å². The first kappa shape index (κ1) is 13.5. The number of phenolic OH excluding ortho intramolecular Hbond substituents is 1. The number of phenols is 1. The Labute approximate surface area is 109 Å². The van der Waals surface area contributed by atoms with E-state index in [9.17, 15) is 13.9 Å². The van der Waals surface area contributed by atoms with Crippen LogP contribution < -0.4 is 5.32 Å². The summed E-state index contributed by atoms with van der Waals surface area (Å²) in [5, 5.41) is 12.7. The normalized spacial score (nSPS) is 17.1. The van der Waals surface area contributed by atoms with E-state index in [0.717, 1.165) is 32.2 Å². The van der Waals surface area contributed by atoms with Crippen molar-refractivity contribution in [1.82, 2.24) is 10.2 Å². The number of rotatable bonds is 3. The van der Waals surface area contributed by atoms with Crippen LogP contribution in [0.2, 0.25) is 5.02 Å². The summed E-state index contributed by atoms with van der Waals surface area (Å²) in [5.74, 6) is -2.38. The molecule has 3 nitrogen and oxygen atoms in total. The minimum atomic E-state index is -1.02. The molecular formula is C12H15ClF2N2O. The smallest absolute Gasteiger partial charge is 0.165 e. The summed E-state index contributed by atoms with van der Waals surface area (Å²) in [5.41, 5.74) is -0.0430. The molecule has 0 amide bonds. The molecule has 0 bridgehead atoms. The number of aromatic hydroxyl groups is 1. The molecule has 1 aromatic rings. The lowest BCUT2D eigenvalue weighted by Crippen LogP contribution is -2.44. The van der Waals surface area contributed by atoms with Crippen molar-refractivity contribution in [3.05, 3.63) is 28.3 Å². The molecule has 0 saturated carbocycles. The molecule has 2 N–H and O–H groups in total. The SMILES string of the molecule is Oc1c(Cl)cc(F)c(F)c1CCN1CCNCC1. The number of hydrogen-bond donors (Lipinski definition) is 2. The highest BCUT2D eigenvalue weighted by Gasteiger charge is 2.18. The zero-order chi connectivity index (χ0) is 13.1. The number of nitrogens with zero attached hydrogens (tertiary/aromatic N) is 1. The second kappa shape index (κ2) is 5.82. The van der Waals surface area contributed by atoms with Gasteiger partial charge in [0, 0.05) is 38.3 Å². The van der Waals surface area contributed by atoms with Gasteiger partial charge < -0.3 is 15.3 Å². The predicted octanol–water partition coefficient (Wildman–Crippen LogP) is 1.77. The highest BCUT2D eigenvalue weighted by molar-refractivity contribution is 6.32. The lowest BCUT2D eigenvalue weighted by atomic mass is 10.1. The molecule has 0 aliphatic carbocycles. The Morgan fingerprint density at radius 3 is 2.67 bits per heavy atom. The lowest BCUT2D eigenvalue weighted by Gasteiger charge is -2.27. The number of hydrogen-bond acceptors (Lipinski definition) is 3. The van der Waals surface area contributed by atoms with Crippen LogP contribution in [-0.2, 0) is 6.42 Å².